The lowest BCUT2D eigenvalue weighted by molar-refractivity contribution is 0.321. The maximum Gasteiger partial charge on any atom is 0.108 e. The van der Waals surface area contributed by atoms with Crippen LogP contribution in [0, 0.1) is 5.92 Å². The second-order valence-corrected chi connectivity index (χ2v) is 6.15. The predicted octanol–water partition coefficient (Wildman–Crippen LogP) is 3.06. The first-order valence-corrected chi connectivity index (χ1v) is 8.16. The Bertz CT molecular complexity index is 416. The van der Waals surface area contributed by atoms with Crippen molar-refractivity contribution in [2.45, 2.75) is 71.4 Å². The Morgan fingerprint density at radius 3 is 2.89 bits per heavy atom. The highest BCUT2D eigenvalue weighted by atomic mass is 15.1. The van der Waals surface area contributed by atoms with Crippen LogP contribution < -0.4 is 5.32 Å². The minimum absolute atomic E-state index is 0.971. The van der Waals surface area contributed by atoms with Gasteiger partial charge in [-0.15, -0.1) is 0 Å². The van der Waals surface area contributed by atoms with E-state index in [1.165, 1.54) is 62.3 Å². The van der Waals surface area contributed by atoms with Crippen LogP contribution in [0.5, 0.6) is 0 Å². The van der Waals surface area contributed by atoms with Crippen LogP contribution in [-0.4, -0.2) is 16.1 Å². The molecule has 0 radical (unpaired) electrons. The molecule has 0 spiro atoms. The van der Waals surface area contributed by atoms with E-state index >= 15 is 0 Å². The van der Waals surface area contributed by atoms with Gasteiger partial charge in [0.15, 0.2) is 0 Å². The van der Waals surface area contributed by atoms with Crippen molar-refractivity contribution < 1.29 is 0 Å². The van der Waals surface area contributed by atoms with Gasteiger partial charge in [-0.2, -0.15) is 0 Å². The molecule has 1 aliphatic carbocycles. The molecule has 19 heavy (non-hydrogen) atoms. The van der Waals surface area contributed by atoms with Gasteiger partial charge in [0.1, 0.15) is 5.82 Å². The Morgan fingerprint density at radius 1 is 1.26 bits per heavy atom. The van der Waals surface area contributed by atoms with E-state index in [0.717, 1.165) is 31.8 Å². The van der Waals surface area contributed by atoms with E-state index in [0.29, 0.717) is 0 Å². The summed E-state index contributed by atoms with van der Waals surface area (Å²) in [6.45, 7) is 5.53. The summed E-state index contributed by atoms with van der Waals surface area (Å²) in [6, 6.07) is 0. The molecule has 1 fully saturated rings. The second kappa shape index (κ2) is 6.08. The Labute approximate surface area is 116 Å². The summed E-state index contributed by atoms with van der Waals surface area (Å²) >= 11 is 0. The molecule has 0 bridgehead atoms. The van der Waals surface area contributed by atoms with Gasteiger partial charge in [-0.3, -0.25) is 0 Å². The number of nitrogens with zero attached hydrogens (tertiary/aromatic N) is 2. The number of aromatic nitrogens is 2. The molecule has 1 aromatic rings. The van der Waals surface area contributed by atoms with Gasteiger partial charge in [0.05, 0.1) is 5.69 Å². The van der Waals surface area contributed by atoms with Crippen LogP contribution >= 0.6 is 0 Å². The van der Waals surface area contributed by atoms with Crippen LogP contribution in [0.2, 0.25) is 0 Å². The minimum Gasteiger partial charge on any atom is -0.332 e. The molecule has 2 heterocycles. The first-order chi connectivity index (χ1) is 9.38. The van der Waals surface area contributed by atoms with Crippen LogP contribution in [0.3, 0.4) is 0 Å². The van der Waals surface area contributed by atoms with E-state index in [9.17, 15) is 0 Å². The van der Waals surface area contributed by atoms with Crippen LogP contribution in [0.1, 0.15) is 62.7 Å². The molecule has 106 valence electrons. The second-order valence-electron chi connectivity index (χ2n) is 6.15. The van der Waals surface area contributed by atoms with E-state index in [1.54, 1.807) is 0 Å². The van der Waals surface area contributed by atoms with Crippen molar-refractivity contribution in [2.24, 2.45) is 5.92 Å². The number of imidazole rings is 1. The molecule has 1 aromatic heterocycles. The highest BCUT2D eigenvalue weighted by molar-refractivity contribution is 5.20. The Hall–Kier alpha value is -0.830. The fourth-order valence-electron chi connectivity index (χ4n) is 3.75. The summed E-state index contributed by atoms with van der Waals surface area (Å²) in [5, 5.41) is 3.44. The summed E-state index contributed by atoms with van der Waals surface area (Å²) < 4.78 is 2.55. The Morgan fingerprint density at radius 2 is 2.11 bits per heavy atom. The van der Waals surface area contributed by atoms with Crippen LogP contribution in [0.15, 0.2) is 0 Å². The first-order valence-electron chi connectivity index (χ1n) is 8.16. The highest BCUT2D eigenvalue weighted by Gasteiger charge is 2.20. The highest BCUT2D eigenvalue weighted by Crippen LogP contribution is 2.27. The molecule has 3 nitrogen and oxygen atoms in total. The van der Waals surface area contributed by atoms with Crippen molar-refractivity contribution in [1.29, 1.82) is 0 Å². The zero-order valence-electron chi connectivity index (χ0n) is 12.2. The van der Waals surface area contributed by atoms with Gasteiger partial charge in [0.25, 0.3) is 0 Å². The summed E-state index contributed by atoms with van der Waals surface area (Å²) in [6.07, 6.45) is 10.9. The van der Waals surface area contributed by atoms with Crippen molar-refractivity contribution in [1.82, 2.24) is 14.9 Å². The fraction of sp³-hybridized carbons (Fsp3) is 0.812. The van der Waals surface area contributed by atoms with Crippen molar-refractivity contribution >= 4 is 0 Å². The number of nitrogens with one attached hydrogen (secondary N) is 1. The number of aryl methyl sites for hydroxylation is 1. The van der Waals surface area contributed by atoms with E-state index in [1.807, 2.05) is 0 Å². The topological polar surface area (TPSA) is 29.9 Å². The van der Waals surface area contributed by atoms with Gasteiger partial charge in [-0.05, 0) is 12.3 Å². The quantitative estimate of drug-likeness (QED) is 0.902. The van der Waals surface area contributed by atoms with Gasteiger partial charge in [-0.1, -0.05) is 39.0 Å². The van der Waals surface area contributed by atoms with Gasteiger partial charge < -0.3 is 9.88 Å². The number of hydrogen-bond acceptors (Lipinski definition) is 2. The van der Waals surface area contributed by atoms with E-state index in [2.05, 4.69) is 16.8 Å². The average molecular weight is 261 g/mol. The molecule has 1 saturated carbocycles. The van der Waals surface area contributed by atoms with E-state index in [4.69, 9.17) is 4.98 Å². The smallest absolute Gasteiger partial charge is 0.108 e. The Kier molecular flexibility index (Phi) is 4.21. The predicted molar refractivity (Wildman–Crippen MR) is 78.2 cm³/mol. The van der Waals surface area contributed by atoms with Gasteiger partial charge >= 0.3 is 0 Å². The molecule has 1 N–H and O–H groups in total. The normalized spacial score (nSPS) is 20.5. The summed E-state index contributed by atoms with van der Waals surface area (Å²) in [5.41, 5.74) is 2.83. The maximum atomic E-state index is 4.83. The number of rotatable bonds is 4. The SMILES string of the molecule is CCc1nc2c(n1CCC1CCCCC1)CCNC2. The van der Waals surface area contributed by atoms with Crippen LogP contribution in [0.4, 0.5) is 0 Å². The average Bonchev–Trinajstić information content (AvgIpc) is 2.84. The lowest BCUT2D eigenvalue weighted by Crippen LogP contribution is -2.25. The third-order valence-corrected chi connectivity index (χ3v) is 4.87. The monoisotopic (exact) mass is 261 g/mol. The minimum atomic E-state index is 0.971. The maximum absolute atomic E-state index is 4.83. The van der Waals surface area contributed by atoms with Gasteiger partial charge in [-0.25, -0.2) is 4.98 Å². The third kappa shape index (κ3) is 2.86. The molecule has 1 aliphatic heterocycles. The molecule has 0 unspecified atom stereocenters. The van der Waals surface area contributed by atoms with Crippen molar-refractivity contribution in [3.8, 4) is 0 Å². The first kappa shape index (κ1) is 13.2. The van der Waals surface area contributed by atoms with Gasteiger partial charge in [0, 0.05) is 38.2 Å². The van der Waals surface area contributed by atoms with E-state index < -0.39 is 0 Å². The van der Waals surface area contributed by atoms with Crippen LogP contribution in [0.25, 0.3) is 0 Å². The third-order valence-electron chi connectivity index (χ3n) is 4.87. The van der Waals surface area contributed by atoms with E-state index in [-0.39, 0.29) is 0 Å². The molecule has 2 aliphatic rings. The lowest BCUT2D eigenvalue weighted by atomic mass is 9.87. The molecule has 0 aromatic carbocycles. The van der Waals surface area contributed by atoms with Crippen molar-refractivity contribution in [3.05, 3.63) is 17.2 Å². The van der Waals surface area contributed by atoms with Crippen LogP contribution in [-0.2, 0) is 25.9 Å². The standard InChI is InChI=1S/C16H27N3/c1-2-16-18-14-12-17-10-8-15(14)19(16)11-9-13-6-4-3-5-7-13/h13,17H,2-12H2,1H3. The summed E-state index contributed by atoms with van der Waals surface area (Å²) in [4.78, 5) is 4.83. The van der Waals surface area contributed by atoms with Gasteiger partial charge in [0.2, 0.25) is 0 Å². The zero-order chi connectivity index (χ0) is 13.1. The fourth-order valence-corrected chi connectivity index (χ4v) is 3.75. The molecule has 3 rings (SSSR count). The largest absolute Gasteiger partial charge is 0.332 e. The molecular weight excluding hydrogens is 234 g/mol. The molecule has 0 atom stereocenters. The molecule has 0 amide bonds. The Balaban J connectivity index is 1.70. The number of hydrogen-bond donors (Lipinski definition) is 1. The lowest BCUT2D eigenvalue weighted by Gasteiger charge is -2.23. The van der Waals surface area contributed by atoms with Crippen molar-refractivity contribution in [3.63, 3.8) is 0 Å². The summed E-state index contributed by atoms with van der Waals surface area (Å²) in [7, 11) is 0. The molecule has 3 heteroatoms. The zero-order valence-corrected chi connectivity index (χ0v) is 12.2. The summed E-state index contributed by atoms with van der Waals surface area (Å²) in [5.74, 6) is 2.28. The molecular formula is C16H27N3. The molecule has 0 saturated heterocycles. The number of fused-ring (bicyclic) bond motifs is 1. The van der Waals surface area contributed by atoms with Crippen molar-refractivity contribution in [2.75, 3.05) is 6.54 Å².